The number of carbonyl (C=O) groups excluding carboxylic acids is 1. The van der Waals surface area contributed by atoms with E-state index in [9.17, 15) is 13.2 Å². The van der Waals surface area contributed by atoms with E-state index in [2.05, 4.69) is 5.16 Å². The molecule has 39 heavy (non-hydrogen) atoms. The van der Waals surface area contributed by atoms with Crippen LogP contribution in [0.2, 0.25) is 0 Å². The summed E-state index contributed by atoms with van der Waals surface area (Å²) in [6, 6.07) is 13.8. The van der Waals surface area contributed by atoms with Gasteiger partial charge in [0.15, 0.2) is 10.7 Å². The Hall–Kier alpha value is -3.43. The van der Waals surface area contributed by atoms with E-state index in [4.69, 9.17) is 9.26 Å². The Kier molecular flexibility index (Phi) is 7.64. The second-order valence-electron chi connectivity index (χ2n) is 10.5. The summed E-state index contributed by atoms with van der Waals surface area (Å²) in [5.74, 6) is 0.701. The van der Waals surface area contributed by atoms with Crippen molar-refractivity contribution in [2.75, 3.05) is 24.5 Å². The largest absolute Gasteiger partial charge is 0.486 e. The van der Waals surface area contributed by atoms with Crippen LogP contribution in [0.5, 0.6) is 5.75 Å². The molecule has 1 aromatic heterocycles. The van der Waals surface area contributed by atoms with Crippen molar-refractivity contribution in [1.82, 2.24) is 9.46 Å². The average Bonchev–Trinajstić information content (AvgIpc) is 3.32. The summed E-state index contributed by atoms with van der Waals surface area (Å²) in [7, 11) is -3.85. The minimum Gasteiger partial charge on any atom is -0.486 e. The van der Waals surface area contributed by atoms with Crippen LogP contribution in [0.4, 0.5) is 5.69 Å². The van der Waals surface area contributed by atoms with Gasteiger partial charge < -0.3 is 14.2 Å². The monoisotopic (exact) mass is 549 g/mol. The molecule has 1 unspecified atom stereocenters. The van der Waals surface area contributed by atoms with Crippen molar-refractivity contribution in [3.05, 3.63) is 70.6 Å². The molecule has 0 bridgehead atoms. The first kappa shape index (κ1) is 27.1. The van der Waals surface area contributed by atoms with Gasteiger partial charge in [0.05, 0.1) is 12.2 Å². The van der Waals surface area contributed by atoms with E-state index in [0.29, 0.717) is 25.1 Å². The van der Waals surface area contributed by atoms with E-state index in [1.165, 1.54) is 4.31 Å². The number of ether oxygens (including phenoxy) is 1. The molecule has 2 aliphatic heterocycles. The standard InChI is InChI=1S/C30H35N3O5S/c1-5-25-19-33(26-18-21(3)8-12-27(26)37-25)30(34)24-14-16-32(17-15-24)39(35,36)29-22(4)31-38-28(29)13-11-23-9-6-20(2)7-10-23/h6-13,18,24-25H,5,14-17,19H2,1-4H3/b13-11+. The molecule has 206 valence electrons. The Balaban J connectivity index is 1.31. The Morgan fingerprint density at radius 3 is 2.41 bits per heavy atom. The molecule has 8 nitrogen and oxygen atoms in total. The first-order valence-electron chi connectivity index (χ1n) is 13.5. The van der Waals surface area contributed by atoms with Crippen LogP contribution < -0.4 is 9.64 Å². The molecule has 0 saturated carbocycles. The van der Waals surface area contributed by atoms with Gasteiger partial charge in [-0.25, -0.2) is 8.42 Å². The van der Waals surface area contributed by atoms with Crippen molar-refractivity contribution in [3.63, 3.8) is 0 Å². The minimum absolute atomic E-state index is 0.0310. The second-order valence-corrected chi connectivity index (χ2v) is 12.3. The number of rotatable bonds is 6. The maximum atomic E-state index is 13.7. The van der Waals surface area contributed by atoms with Crippen molar-refractivity contribution in [3.8, 4) is 5.75 Å². The summed E-state index contributed by atoms with van der Waals surface area (Å²) in [5, 5.41) is 3.95. The molecule has 1 amide bonds. The van der Waals surface area contributed by atoms with Gasteiger partial charge in [-0.3, -0.25) is 4.79 Å². The summed E-state index contributed by atoms with van der Waals surface area (Å²) in [5.41, 5.74) is 4.25. The molecule has 1 saturated heterocycles. The number of benzene rings is 2. The number of nitrogens with zero attached hydrogens (tertiary/aromatic N) is 3. The molecule has 9 heteroatoms. The van der Waals surface area contributed by atoms with Gasteiger partial charge in [-0.15, -0.1) is 0 Å². The van der Waals surface area contributed by atoms with Gasteiger partial charge in [0.2, 0.25) is 15.9 Å². The topological polar surface area (TPSA) is 93.0 Å². The quantitative estimate of drug-likeness (QED) is 0.410. The number of piperidine rings is 1. The molecule has 0 radical (unpaired) electrons. The fourth-order valence-corrected chi connectivity index (χ4v) is 6.94. The Bertz CT molecular complexity index is 1490. The maximum Gasteiger partial charge on any atom is 0.248 e. The SMILES string of the molecule is CCC1CN(C(=O)C2CCN(S(=O)(=O)c3c(C)noc3/C=C/c3ccc(C)cc3)CC2)c2cc(C)ccc2O1. The summed E-state index contributed by atoms with van der Waals surface area (Å²) in [6.45, 7) is 8.71. The third-order valence-corrected chi connectivity index (χ3v) is 9.60. The van der Waals surface area contributed by atoms with E-state index in [-0.39, 0.29) is 41.7 Å². The van der Waals surface area contributed by atoms with E-state index in [1.807, 2.05) is 74.2 Å². The van der Waals surface area contributed by atoms with Gasteiger partial charge in [-0.2, -0.15) is 4.31 Å². The molecule has 1 fully saturated rings. The summed E-state index contributed by atoms with van der Waals surface area (Å²) in [6.07, 6.45) is 5.10. The fraction of sp³-hybridized carbons (Fsp3) is 0.400. The second kappa shape index (κ2) is 11.0. The van der Waals surface area contributed by atoms with Crippen LogP contribution in [-0.4, -0.2) is 49.5 Å². The van der Waals surface area contributed by atoms with E-state index < -0.39 is 10.0 Å². The summed E-state index contributed by atoms with van der Waals surface area (Å²) in [4.78, 5) is 15.6. The highest BCUT2D eigenvalue weighted by Gasteiger charge is 2.39. The van der Waals surface area contributed by atoms with Gasteiger partial charge >= 0.3 is 0 Å². The number of amides is 1. The van der Waals surface area contributed by atoms with Crippen molar-refractivity contribution in [1.29, 1.82) is 0 Å². The number of anilines is 1. The molecular formula is C30H35N3O5S. The van der Waals surface area contributed by atoms with Crippen LogP contribution in [-0.2, 0) is 14.8 Å². The van der Waals surface area contributed by atoms with Gasteiger partial charge in [0, 0.05) is 19.0 Å². The number of carbonyl (C=O) groups is 1. The van der Waals surface area contributed by atoms with Crippen LogP contribution in [0.1, 0.15) is 54.3 Å². The predicted octanol–water partition coefficient (Wildman–Crippen LogP) is 5.38. The number of hydrogen-bond acceptors (Lipinski definition) is 6. The number of aryl methyl sites for hydroxylation is 3. The number of hydrogen-bond donors (Lipinski definition) is 0. The van der Waals surface area contributed by atoms with Crippen molar-refractivity contribution >= 4 is 33.8 Å². The molecular weight excluding hydrogens is 514 g/mol. The Morgan fingerprint density at radius 1 is 1.03 bits per heavy atom. The molecule has 3 heterocycles. The third kappa shape index (κ3) is 5.51. The molecule has 2 aromatic carbocycles. The zero-order valence-electron chi connectivity index (χ0n) is 22.9. The molecule has 0 N–H and O–H groups in total. The normalized spacial score (nSPS) is 18.8. The maximum absolute atomic E-state index is 13.7. The zero-order chi connectivity index (χ0) is 27.7. The highest BCUT2D eigenvalue weighted by molar-refractivity contribution is 7.89. The first-order chi connectivity index (χ1) is 18.7. The molecule has 1 atom stereocenters. The van der Waals surface area contributed by atoms with Crippen LogP contribution in [0, 0.1) is 26.7 Å². The van der Waals surface area contributed by atoms with Crippen LogP contribution >= 0.6 is 0 Å². The smallest absolute Gasteiger partial charge is 0.248 e. The van der Waals surface area contributed by atoms with Crippen molar-refractivity contribution < 1.29 is 22.5 Å². The molecule has 5 rings (SSSR count). The average molecular weight is 550 g/mol. The van der Waals surface area contributed by atoms with Crippen LogP contribution in [0.3, 0.4) is 0 Å². The van der Waals surface area contributed by atoms with Crippen LogP contribution in [0.25, 0.3) is 12.2 Å². The molecule has 0 aliphatic carbocycles. The number of fused-ring (bicyclic) bond motifs is 1. The fourth-order valence-electron chi connectivity index (χ4n) is 5.22. The van der Waals surface area contributed by atoms with E-state index in [0.717, 1.165) is 34.5 Å². The third-order valence-electron chi connectivity index (χ3n) is 7.55. The molecule has 3 aromatic rings. The van der Waals surface area contributed by atoms with Gasteiger partial charge in [0.25, 0.3) is 0 Å². The number of sulfonamides is 1. The van der Waals surface area contributed by atoms with Crippen LogP contribution in [0.15, 0.2) is 51.9 Å². The van der Waals surface area contributed by atoms with Gasteiger partial charge in [0.1, 0.15) is 17.5 Å². The van der Waals surface area contributed by atoms with Crippen molar-refractivity contribution in [2.45, 2.75) is 58.0 Å². The van der Waals surface area contributed by atoms with E-state index in [1.54, 1.807) is 13.0 Å². The van der Waals surface area contributed by atoms with E-state index >= 15 is 0 Å². The molecule has 2 aliphatic rings. The highest BCUT2D eigenvalue weighted by atomic mass is 32.2. The lowest BCUT2D eigenvalue weighted by Gasteiger charge is -2.38. The highest BCUT2D eigenvalue weighted by Crippen LogP contribution is 2.37. The lowest BCUT2D eigenvalue weighted by molar-refractivity contribution is -0.124. The summed E-state index contributed by atoms with van der Waals surface area (Å²) < 4.78 is 40.3. The Morgan fingerprint density at radius 2 is 1.72 bits per heavy atom. The lowest BCUT2D eigenvalue weighted by Crippen LogP contribution is -2.49. The predicted molar refractivity (Wildman–Crippen MR) is 151 cm³/mol. The zero-order valence-corrected chi connectivity index (χ0v) is 23.7. The number of aromatic nitrogens is 1. The first-order valence-corrected chi connectivity index (χ1v) is 14.9. The molecule has 0 spiro atoms. The van der Waals surface area contributed by atoms with Gasteiger partial charge in [-0.05, 0) is 69.4 Å². The Labute approximate surface area is 230 Å². The minimum atomic E-state index is -3.85. The van der Waals surface area contributed by atoms with Crippen molar-refractivity contribution in [2.24, 2.45) is 5.92 Å². The van der Waals surface area contributed by atoms with Gasteiger partial charge in [-0.1, -0.05) is 54.1 Å². The lowest BCUT2D eigenvalue weighted by atomic mass is 9.95. The summed E-state index contributed by atoms with van der Waals surface area (Å²) >= 11 is 0.